The van der Waals surface area contributed by atoms with Crippen molar-refractivity contribution in [2.45, 2.75) is 0 Å². The lowest BCUT2D eigenvalue weighted by Crippen LogP contribution is -1.80. The summed E-state index contributed by atoms with van der Waals surface area (Å²) in [5, 5.41) is 0. The number of rotatable bonds is 3. The summed E-state index contributed by atoms with van der Waals surface area (Å²) in [6, 6.07) is 9.42. The predicted molar refractivity (Wildman–Crippen MR) is 79.4 cm³/mol. The van der Waals surface area contributed by atoms with E-state index in [1.165, 1.54) is 0 Å². The van der Waals surface area contributed by atoms with Gasteiger partial charge in [-0.2, -0.15) is 0 Å². The number of nitrogens with zero attached hydrogens (tertiary/aromatic N) is 1. The van der Waals surface area contributed by atoms with E-state index >= 15 is 0 Å². The molecule has 0 atom stereocenters. The van der Waals surface area contributed by atoms with Crippen molar-refractivity contribution in [3.8, 4) is 5.75 Å². The maximum atomic E-state index is 5.45. The summed E-state index contributed by atoms with van der Waals surface area (Å²) in [5.41, 5.74) is 0.826. The highest BCUT2D eigenvalue weighted by Crippen LogP contribution is 2.23. The summed E-state index contributed by atoms with van der Waals surface area (Å²) in [4.78, 5) is 4.32. The molecule has 5 heteroatoms. The van der Waals surface area contributed by atoms with Crippen LogP contribution in [0, 0.1) is 3.77 Å². The fourth-order valence-corrected chi connectivity index (χ4v) is 1.97. The Morgan fingerprint density at radius 1 is 1.41 bits per heavy atom. The standard InChI is InChI=1S/C12H9BrINO2/c1-16-9-4-2-3-8(5-9)15-7-10-6-11(13)12(14)17-10/h2-7H,1H3. The molecule has 0 unspecified atom stereocenters. The van der Waals surface area contributed by atoms with Gasteiger partial charge in [0.25, 0.3) is 0 Å². The van der Waals surface area contributed by atoms with E-state index < -0.39 is 0 Å². The Bertz CT molecular complexity index is 532. The first-order chi connectivity index (χ1) is 8.19. The molecule has 0 N–H and O–H groups in total. The Morgan fingerprint density at radius 2 is 2.24 bits per heavy atom. The molecule has 1 aromatic carbocycles. The predicted octanol–water partition coefficient (Wildman–Crippen LogP) is 4.41. The molecule has 0 bridgehead atoms. The first-order valence-electron chi connectivity index (χ1n) is 4.82. The van der Waals surface area contributed by atoms with Crippen LogP contribution in [-0.2, 0) is 0 Å². The first-order valence-corrected chi connectivity index (χ1v) is 6.69. The molecule has 0 amide bonds. The second kappa shape index (κ2) is 5.68. The normalized spacial score (nSPS) is 11.0. The average molecular weight is 406 g/mol. The van der Waals surface area contributed by atoms with Crippen molar-refractivity contribution >= 4 is 50.4 Å². The van der Waals surface area contributed by atoms with Gasteiger partial charge in [-0.05, 0) is 28.1 Å². The molecule has 0 saturated heterocycles. The molecular weight excluding hydrogens is 397 g/mol. The zero-order chi connectivity index (χ0) is 12.3. The van der Waals surface area contributed by atoms with Crippen LogP contribution in [0.1, 0.15) is 5.76 Å². The van der Waals surface area contributed by atoms with E-state index in [-0.39, 0.29) is 0 Å². The summed E-state index contributed by atoms with van der Waals surface area (Å²) in [6.45, 7) is 0. The minimum Gasteiger partial charge on any atom is -0.497 e. The monoisotopic (exact) mass is 405 g/mol. The van der Waals surface area contributed by atoms with Crippen molar-refractivity contribution in [3.05, 3.63) is 44.3 Å². The van der Waals surface area contributed by atoms with Crippen LogP contribution < -0.4 is 4.74 Å². The Hall–Kier alpha value is -0.820. The van der Waals surface area contributed by atoms with E-state index in [0.29, 0.717) is 5.76 Å². The van der Waals surface area contributed by atoms with Crippen LogP contribution in [0.3, 0.4) is 0 Å². The van der Waals surface area contributed by atoms with Crippen LogP contribution in [0.25, 0.3) is 0 Å². The maximum absolute atomic E-state index is 5.45. The third-order valence-corrected chi connectivity index (χ3v) is 4.19. The zero-order valence-corrected chi connectivity index (χ0v) is 12.7. The van der Waals surface area contributed by atoms with E-state index in [1.54, 1.807) is 13.3 Å². The molecule has 3 nitrogen and oxygen atoms in total. The van der Waals surface area contributed by atoms with Crippen molar-refractivity contribution in [1.82, 2.24) is 0 Å². The van der Waals surface area contributed by atoms with Gasteiger partial charge in [-0.3, -0.25) is 4.99 Å². The molecule has 0 aliphatic rings. The highest BCUT2D eigenvalue weighted by Gasteiger charge is 2.03. The van der Waals surface area contributed by atoms with Crippen LogP contribution in [0.5, 0.6) is 5.75 Å². The first kappa shape index (κ1) is 12.6. The zero-order valence-electron chi connectivity index (χ0n) is 8.98. The fraction of sp³-hybridized carbons (Fsp3) is 0.0833. The third-order valence-electron chi connectivity index (χ3n) is 2.06. The second-order valence-corrected chi connectivity index (χ2v) is 5.06. The molecule has 0 saturated carbocycles. The van der Waals surface area contributed by atoms with Crippen molar-refractivity contribution in [2.24, 2.45) is 4.99 Å². The van der Waals surface area contributed by atoms with E-state index in [9.17, 15) is 0 Å². The lowest BCUT2D eigenvalue weighted by molar-refractivity contribution is 0.415. The van der Waals surface area contributed by atoms with Gasteiger partial charge in [0.2, 0.25) is 0 Å². The topological polar surface area (TPSA) is 34.7 Å². The summed E-state index contributed by atoms with van der Waals surface area (Å²) in [5.74, 6) is 1.50. The van der Waals surface area contributed by atoms with E-state index in [4.69, 9.17) is 9.15 Å². The van der Waals surface area contributed by atoms with Gasteiger partial charge >= 0.3 is 0 Å². The summed E-state index contributed by atoms with van der Waals surface area (Å²) in [6.07, 6.45) is 1.68. The largest absolute Gasteiger partial charge is 0.497 e. The second-order valence-electron chi connectivity index (χ2n) is 3.23. The van der Waals surface area contributed by atoms with E-state index in [1.807, 2.05) is 30.3 Å². The maximum Gasteiger partial charge on any atom is 0.178 e. The highest BCUT2D eigenvalue weighted by molar-refractivity contribution is 14.1. The molecule has 17 heavy (non-hydrogen) atoms. The van der Waals surface area contributed by atoms with Gasteiger partial charge < -0.3 is 9.15 Å². The number of benzene rings is 1. The van der Waals surface area contributed by atoms with E-state index in [2.05, 4.69) is 43.5 Å². The molecule has 0 radical (unpaired) electrons. The Labute approximate surface area is 121 Å². The number of furan rings is 1. The van der Waals surface area contributed by atoms with Crippen molar-refractivity contribution in [1.29, 1.82) is 0 Å². The fourth-order valence-electron chi connectivity index (χ4n) is 1.26. The van der Waals surface area contributed by atoms with Crippen LogP contribution in [0.2, 0.25) is 0 Å². The Kier molecular flexibility index (Phi) is 4.22. The van der Waals surface area contributed by atoms with Gasteiger partial charge in [-0.25, -0.2) is 0 Å². The van der Waals surface area contributed by atoms with E-state index in [0.717, 1.165) is 19.7 Å². The van der Waals surface area contributed by atoms with Gasteiger partial charge in [-0.1, -0.05) is 6.07 Å². The van der Waals surface area contributed by atoms with Gasteiger partial charge in [0.15, 0.2) is 3.77 Å². The number of hydrogen-bond donors (Lipinski definition) is 0. The molecule has 1 heterocycles. The SMILES string of the molecule is COc1cccc(N=Cc2cc(Br)c(I)o2)c1. The molecule has 2 rings (SSSR count). The molecule has 0 aliphatic carbocycles. The molecule has 0 fully saturated rings. The quantitative estimate of drug-likeness (QED) is 0.560. The number of ether oxygens (including phenoxy) is 1. The van der Waals surface area contributed by atoms with Gasteiger partial charge in [0.1, 0.15) is 11.5 Å². The van der Waals surface area contributed by atoms with Crippen LogP contribution in [0.15, 0.2) is 44.2 Å². The molecule has 0 aliphatic heterocycles. The molecule has 0 spiro atoms. The average Bonchev–Trinajstić information content (AvgIpc) is 2.67. The van der Waals surface area contributed by atoms with Crippen LogP contribution in [0.4, 0.5) is 5.69 Å². The number of hydrogen-bond acceptors (Lipinski definition) is 3. The summed E-state index contributed by atoms with van der Waals surface area (Å²) in [7, 11) is 1.63. The lowest BCUT2D eigenvalue weighted by atomic mass is 10.3. The van der Waals surface area contributed by atoms with Crippen molar-refractivity contribution in [3.63, 3.8) is 0 Å². The molecule has 2 aromatic rings. The summed E-state index contributed by atoms with van der Waals surface area (Å²) >= 11 is 5.50. The number of halogens is 2. The van der Waals surface area contributed by atoms with Crippen LogP contribution in [-0.4, -0.2) is 13.3 Å². The summed E-state index contributed by atoms with van der Waals surface area (Å²) < 4.78 is 12.3. The minimum absolute atomic E-state index is 0.712. The smallest absolute Gasteiger partial charge is 0.178 e. The Balaban J connectivity index is 2.19. The lowest BCUT2D eigenvalue weighted by Gasteiger charge is -1.98. The van der Waals surface area contributed by atoms with Crippen LogP contribution >= 0.6 is 38.5 Å². The molecule has 88 valence electrons. The minimum atomic E-state index is 0.712. The highest BCUT2D eigenvalue weighted by atomic mass is 127. The molecule has 1 aromatic heterocycles. The van der Waals surface area contributed by atoms with Gasteiger partial charge in [-0.15, -0.1) is 0 Å². The van der Waals surface area contributed by atoms with Gasteiger partial charge in [0, 0.05) is 34.7 Å². The van der Waals surface area contributed by atoms with Gasteiger partial charge in [0.05, 0.1) is 23.5 Å². The van der Waals surface area contributed by atoms with Crippen molar-refractivity contribution in [2.75, 3.05) is 7.11 Å². The third kappa shape index (κ3) is 3.32. The molecular formula is C12H9BrINO2. The van der Waals surface area contributed by atoms with Crippen molar-refractivity contribution < 1.29 is 9.15 Å². The Morgan fingerprint density at radius 3 is 2.88 bits per heavy atom. The number of methoxy groups -OCH3 is 1. The number of aliphatic imine (C=N–C) groups is 1.